The van der Waals surface area contributed by atoms with E-state index < -0.39 is 10.0 Å². The molecule has 0 spiro atoms. The van der Waals surface area contributed by atoms with Crippen molar-refractivity contribution in [2.45, 2.75) is 23.6 Å². The third-order valence-corrected chi connectivity index (χ3v) is 7.17. The number of hydrogen-bond acceptors (Lipinski definition) is 5. The normalized spacial score (nSPS) is 13.8. The molecule has 1 amide bonds. The molecule has 2 aromatic carbocycles. The predicted molar refractivity (Wildman–Crippen MR) is 108 cm³/mol. The number of nitrogens with zero attached hydrogens (tertiary/aromatic N) is 2. The van der Waals surface area contributed by atoms with Gasteiger partial charge >= 0.3 is 0 Å². The lowest BCUT2D eigenvalue weighted by atomic mass is 10.2. The molecule has 0 radical (unpaired) electrons. The van der Waals surface area contributed by atoms with Crippen LogP contribution in [0.4, 0.5) is 11.4 Å². The molecule has 0 fully saturated rings. The first-order valence-corrected chi connectivity index (χ1v) is 11.0. The Morgan fingerprint density at radius 2 is 1.93 bits per heavy atom. The zero-order valence-corrected chi connectivity index (χ0v) is 17.1. The van der Waals surface area contributed by atoms with Gasteiger partial charge in [0, 0.05) is 31.2 Å². The van der Waals surface area contributed by atoms with Gasteiger partial charge in [0.25, 0.3) is 10.0 Å². The minimum atomic E-state index is -3.75. The average molecular weight is 407 g/mol. The Balaban J connectivity index is 1.94. The van der Waals surface area contributed by atoms with Crippen LogP contribution < -0.4 is 13.9 Å². The van der Waals surface area contributed by atoms with E-state index >= 15 is 0 Å². The minimum Gasteiger partial charge on any atom is -0.494 e. The number of sulfonamides is 1. The molecule has 0 aromatic heterocycles. The van der Waals surface area contributed by atoms with Gasteiger partial charge in [-0.15, -0.1) is 11.8 Å². The first-order valence-electron chi connectivity index (χ1n) is 8.61. The molecule has 27 heavy (non-hydrogen) atoms. The number of ether oxygens (including phenoxy) is 1. The van der Waals surface area contributed by atoms with Gasteiger partial charge in [0.05, 0.1) is 22.9 Å². The second-order valence-electron chi connectivity index (χ2n) is 6.05. The summed E-state index contributed by atoms with van der Waals surface area (Å²) in [6, 6.07) is 11.8. The van der Waals surface area contributed by atoms with E-state index in [1.165, 1.54) is 18.3 Å². The van der Waals surface area contributed by atoms with E-state index in [1.54, 1.807) is 59.1 Å². The van der Waals surface area contributed by atoms with Crippen LogP contribution in [0.5, 0.6) is 5.75 Å². The lowest BCUT2D eigenvalue weighted by molar-refractivity contribution is -0.116. The summed E-state index contributed by atoms with van der Waals surface area (Å²) >= 11 is 1.62. The van der Waals surface area contributed by atoms with Gasteiger partial charge in [0.15, 0.2) is 0 Å². The van der Waals surface area contributed by atoms with Crippen LogP contribution in [0.3, 0.4) is 0 Å². The van der Waals surface area contributed by atoms with Crippen molar-refractivity contribution in [2.24, 2.45) is 0 Å². The molecule has 3 rings (SSSR count). The molecule has 0 saturated heterocycles. The molecule has 0 saturated carbocycles. The Bertz CT molecular complexity index is 943. The summed E-state index contributed by atoms with van der Waals surface area (Å²) in [6.45, 7) is 4.51. The van der Waals surface area contributed by atoms with Crippen LogP contribution in [0.2, 0.25) is 0 Å². The standard InChI is InChI=1S/C19H22N2O4S2/c1-4-25-16-7-5-15(6-8-16)20(3)27(23,24)17-9-10-19-18(13-17)21(14(2)22)11-12-26-19/h5-10,13H,4,11-12H2,1-3H3. The smallest absolute Gasteiger partial charge is 0.264 e. The van der Waals surface area contributed by atoms with E-state index in [-0.39, 0.29) is 10.8 Å². The first-order chi connectivity index (χ1) is 12.8. The third-order valence-electron chi connectivity index (χ3n) is 4.34. The maximum Gasteiger partial charge on any atom is 0.264 e. The highest BCUT2D eigenvalue weighted by Crippen LogP contribution is 2.37. The number of carbonyl (C=O) groups is 1. The Morgan fingerprint density at radius 3 is 2.56 bits per heavy atom. The Hall–Kier alpha value is -2.19. The fourth-order valence-electron chi connectivity index (χ4n) is 2.90. The summed E-state index contributed by atoms with van der Waals surface area (Å²) in [6.07, 6.45) is 0. The topological polar surface area (TPSA) is 66.9 Å². The predicted octanol–water partition coefficient (Wildman–Crippen LogP) is 3.37. The molecular weight excluding hydrogens is 384 g/mol. The van der Waals surface area contributed by atoms with Crippen LogP contribution in [-0.2, 0) is 14.8 Å². The van der Waals surface area contributed by atoms with Gasteiger partial charge in [0.1, 0.15) is 5.75 Å². The maximum absolute atomic E-state index is 13.1. The highest BCUT2D eigenvalue weighted by Gasteiger charge is 2.26. The third kappa shape index (κ3) is 3.91. The van der Waals surface area contributed by atoms with Gasteiger partial charge in [-0.05, 0) is 49.4 Å². The van der Waals surface area contributed by atoms with E-state index in [4.69, 9.17) is 4.74 Å². The second kappa shape index (κ2) is 7.82. The highest BCUT2D eigenvalue weighted by atomic mass is 32.2. The molecule has 0 aliphatic carbocycles. The molecule has 0 N–H and O–H groups in total. The monoisotopic (exact) mass is 406 g/mol. The van der Waals surface area contributed by atoms with Crippen LogP contribution in [0.1, 0.15) is 13.8 Å². The number of carbonyl (C=O) groups excluding carboxylic acids is 1. The van der Waals surface area contributed by atoms with Crippen LogP contribution in [-0.4, -0.2) is 40.3 Å². The minimum absolute atomic E-state index is 0.0917. The summed E-state index contributed by atoms with van der Waals surface area (Å²) in [4.78, 5) is 14.6. The zero-order valence-electron chi connectivity index (χ0n) is 15.5. The second-order valence-corrected chi connectivity index (χ2v) is 9.15. The molecule has 1 aliphatic rings. The molecule has 144 valence electrons. The number of benzene rings is 2. The van der Waals surface area contributed by atoms with Crippen molar-refractivity contribution in [3.8, 4) is 5.75 Å². The molecule has 8 heteroatoms. The summed E-state index contributed by atoms with van der Waals surface area (Å²) in [5, 5.41) is 0. The van der Waals surface area contributed by atoms with Gasteiger partial charge < -0.3 is 9.64 Å². The molecule has 0 unspecified atom stereocenters. The molecule has 6 nitrogen and oxygen atoms in total. The van der Waals surface area contributed by atoms with Crippen molar-refractivity contribution in [3.05, 3.63) is 42.5 Å². The van der Waals surface area contributed by atoms with E-state index in [0.717, 1.165) is 10.6 Å². The Morgan fingerprint density at radius 1 is 1.22 bits per heavy atom. The first kappa shape index (κ1) is 19.6. The van der Waals surface area contributed by atoms with E-state index in [9.17, 15) is 13.2 Å². The Labute approximate surface area is 164 Å². The van der Waals surface area contributed by atoms with Crippen LogP contribution in [0.15, 0.2) is 52.3 Å². The molecular formula is C19H22N2O4S2. The quantitative estimate of drug-likeness (QED) is 0.762. The number of hydrogen-bond donors (Lipinski definition) is 0. The fourth-order valence-corrected chi connectivity index (χ4v) is 5.09. The van der Waals surface area contributed by atoms with Gasteiger partial charge in [-0.25, -0.2) is 8.42 Å². The average Bonchev–Trinajstić information content (AvgIpc) is 2.67. The van der Waals surface area contributed by atoms with Crippen molar-refractivity contribution in [1.29, 1.82) is 0 Å². The van der Waals surface area contributed by atoms with Crippen molar-refractivity contribution in [1.82, 2.24) is 0 Å². The number of thioether (sulfide) groups is 1. The van der Waals surface area contributed by atoms with Crippen molar-refractivity contribution < 1.29 is 17.9 Å². The van der Waals surface area contributed by atoms with Crippen LogP contribution >= 0.6 is 11.8 Å². The molecule has 1 heterocycles. The molecule has 2 aromatic rings. The summed E-state index contributed by atoms with van der Waals surface area (Å²) in [7, 11) is -2.24. The number of rotatable bonds is 5. The van der Waals surface area contributed by atoms with Gasteiger partial charge in [-0.2, -0.15) is 0 Å². The SMILES string of the molecule is CCOc1ccc(N(C)S(=O)(=O)c2ccc3c(c2)N(C(C)=O)CCS3)cc1. The van der Waals surface area contributed by atoms with Gasteiger partial charge in [0.2, 0.25) is 5.91 Å². The van der Waals surface area contributed by atoms with Crippen molar-refractivity contribution in [3.63, 3.8) is 0 Å². The van der Waals surface area contributed by atoms with Crippen LogP contribution in [0, 0.1) is 0 Å². The van der Waals surface area contributed by atoms with E-state index in [2.05, 4.69) is 0 Å². The number of amides is 1. The molecule has 0 bridgehead atoms. The lowest BCUT2D eigenvalue weighted by Crippen LogP contribution is -2.34. The highest BCUT2D eigenvalue weighted by molar-refractivity contribution is 7.99. The lowest BCUT2D eigenvalue weighted by Gasteiger charge is -2.29. The van der Waals surface area contributed by atoms with Crippen molar-refractivity contribution >= 4 is 39.1 Å². The van der Waals surface area contributed by atoms with Gasteiger partial charge in [-0.1, -0.05) is 0 Å². The Kier molecular flexibility index (Phi) is 5.67. The van der Waals surface area contributed by atoms with Crippen LogP contribution in [0.25, 0.3) is 0 Å². The maximum atomic E-state index is 13.1. The number of fused-ring (bicyclic) bond motifs is 1. The van der Waals surface area contributed by atoms with E-state index in [1.807, 2.05) is 6.92 Å². The van der Waals surface area contributed by atoms with Gasteiger partial charge in [-0.3, -0.25) is 9.10 Å². The van der Waals surface area contributed by atoms with Crippen molar-refractivity contribution in [2.75, 3.05) is 35.2 Å². The number of anilines is 2. The summed E-state index contributed by atoms with van der Waals surface area (Å²) in [5.41, 5.74) is 1.19. The van der Waals surface area contributed by atoms with E-state index in [0.29, 0.717) is 30.3 Å². The zero-order chi connectivity index (χ0) is 19.6. The fraction of sp³-hybridized carbons (Fsp3) is 0.316. The largest absolute Gasteiger partial charge is 0.494 e. The summed E-state index contributed by atoms with van der Waals surface area (Å²) in [5.74, 6) is 1.39. The summed E-state index contributed by atoms with van der Waals surface area (Å²) < 4.78 is 32.8. The molecule has 0 atom stereocenters. The molecule has 1 aliphatic heterocycles.